The Balaban J connectivity index is 1.55. The molecule has 5 nitrogen and oxygen atoms in total. The number of carbonyl (C=O) groups excluding carboxylic acids is 2. The van der Waals surface area contributed by atoms with Gasteiger partial charge in [0.1, 0.15) is 0 Å². The minimum atomic E-state index is -0.392. The molecule has 2 aliphatic rings. The van der Waals surface area contributed by atoms with E-state index in [1.807, 2.05) is 40.6 Å². The molecule has 2 atom stereocenters. The molecule has 1 aromatic carbocycles. The Morgan fingerprint density at radius 2 is 1.91 bits per heavy atom. The van der Waals surface area contributed by atoms with Crippen LogP contribution in [-0.2, 0) is 4.79 Å². The van der Waals surface area contributed by atoms with Gasteiger partial charge in [-0.05, 0) is 67.9 Å². The fourth-order valence-corrected chi connectivity index (χ4v) is 5.93. The molecule has 1 saturated heterocycles. The van der Waals surface area contributed by atoms with Crippen molar-refractivity contribution in [1.29, 1.82) is 0 Å². The quantitative estimate of drug-likeness (QED) is 0.591. The maximum absolute atomic E-state index is 13.6. The predicted molar refractivity (Wildman–Crippen MR) is 130 cm³/mol. The van der Waals surface area contributed by atoms with Gasteiger partial charge in [-0.15, -0.1) is 11.3 Å². The molecule has 0 saturated carbocycles. The third kappa shape index (κ3) is 5.07. The number of carbonyl (C=O) groups is 2. The van der Waals surface area contributed by atoms with E-state index < -0.39 is 5.92 Å². The molecule has 3 heterocycles. The topological polar surface area (TPSA) is 52.7 Å². The number of nitrogens with zero attached hydrogens (tertiary/aromatic N) is 2. The zero-order valence-corrected chi connectivity index (χ0v) is 20.1. The van der Waals surface area contributed by atoms with E-state index in [0.717, 1.165) is 23.4 Å². The van der Waals surface area contributed by atoms with Gasteiger partial charge < -0.3 is 15.1 Å². The summed E-state index contributed by atoms with van der Waals surface area (Å²) in [6, 6.07) is 11.5. The van der Waals surface area contributed by atoms with Crippen molar-refractivity contribution < 1.29 is 9.59 Å². The van der Waals surface area contributed by atoms with Crippen molar-refractivity contribution in [3.8, 4) is 0 Å². The maximum atomic E-state index is 13.6. The van der Waals surface area contributed by atoms with E-state index >= 15 is 0 Å². The van der Waals surface area contributed by atoms with Crippen LogP contribution in [0.1, 0.15) is 72.3 Å². The smallest absolute Gasteiger partial charge is 0.254 e. The molecule has 6 heteroatoms. The zero-order valence-electron chi connectivity index (χ0n) is 19.3. The molecule has 172 valence electrons. The van der Waals surface area contributed by atoms with Gasteiger partial charge in [-0.25, -0.2) is 0 Å². The van der Waals surface area contributed by atoms with Crippen molar-refractivity contribution in [1.82, 2.24) is 15.1 Å². The summed E-state index contributed by atoms with van der Waals surface area (Å²) in [6.45, 7) is 8.93. The Hall–Kier alpha value is -2.18. The molecule has 32 heavy (non-hydrogen) atoms. The first-order valence-electron chi connectivity index (χ1n) is 12.0. The largest absolute Gasteiger partial charge is 0.355 e. The molecule has 4 rings (SSSR count). The highest BCUT2D eigenvalue weighted by atomic mass is 32.1. The average Bonchev–Trinajstić information content (AvgIpc) is 3.33. The van der Waals surface area contributed by atoms with Gasteiger partial charge in [0, 0.05) is 23.5 Å². The van der Waals surface area contributed by atoms with Crippen molar-refractivity contribution in [2.24, 2.45) is 5.92 Å². The highest BCUT2D eigenvalue weighted by Crippen LogP contribution is 2.44. The summed E-state index contributed by atoms with van der Waals surface area (Å²) in [4.78, 5) is 32.6. The molecule has 1 N–H and O–H groups in total. The molecule has 1 fully saturated rings. The first-order chi connectivity index (χ1) is 15.6. The lowest BCUT2D eigenvalue weighted by molar-refractivity contribution is -0.124. The van der Waals surface area contributed by atoms with Gasteiger partial charge in [-0.3, -0.25) is 9.59 Å². The lowest BCUT2D eigenvalue weighted by Crippen LogP contribution is -2.48. The van der Waals surface area contributed by atoms with Crippen LogP contribution in [0.5, 0.6) is 0 Å². The highest BCUT2D eigenvalue weighted by Gasteiger charge is 2.44. The summed E-state index contributed by atoms with van der Waals surface area (Å²) in [6.07, 6.45) is 4.86. The number of thiophene rings is 1. The minimum absolute atomic E-state index is 0.0238. The molecular weight excluding hydrogens is 418 g/mol. The third-order valence-corrected chi connectivity index (χ3v) is 7.46. The lowest BCUT2D eigenvalue weighted by atomic mass is 9.81. The summed E-state index contributed by atoms with van der Waals surface area (Å²) < 4.78 is 0. The normalized spacial score (nSPS) is 21.6. The van der Waals surface area contributed by atoms with Gasteiger partial charge in [0.2, 0.25) is 5.91 Å². The Bertz CT molecular complexity index is 906. The second-order valence-electron chi connectivity index (χ2n) is 9.42. The number of amides is 2. The number of rotatable bonds is 8. The number of hydrogen-bond acceptors (Lipinski definition) is 4. The van der Waals surface area contributed by atoms with Gasteiger partial charge in [-0.2, -0.15) is 0 Å². The molecule has 2 aromatic rings. The van der Waals surface area contributed by atoms with Crippen LogP contribution in [-0.4, -0.2) is 54.3 Å². The van der Waals surface area contributed by atoms with Gasteiger partial charge in [0.25, 0.3) is 5.91 Å². The molecule has 2 aliphatic heterocycles. The van der Waals surface area contributed by atoms with Gasteiger partial charge in [-0.1, -0.05) is 44.5 Å². The zero-order chi connectivity index (χ0) is 22.5. The molecule has 0 spiro atoms. The summed E-state index contributed by atoms with van der Waals surface area (Å²) in [5.74, 6) is -0.0196. The van der Waals surface area contributed by atoms with E-state index in [4.69, 9.17) is 0 Å². The van der Waals surface area contributed by atoms with Crippen LogP contribution in [0, 0.1) is 5.92 Å². The fourth-order valence-electron chi connectivity index (χ4n) is 5.05. The van der Waals surface area contributed by atoms with E-state index in [9.17, 15) is 9.59 Å². The summed E-state index contributed by atoms with van der Waals surface area (Å²) >= 11 is 1.62. The van der Waals surface area contributed by atoms with Crippen LogP contribution >= 0.6 is 11.3 Å². The van der Waals surface area contributed by atoms with Crippen LogP contribution in [0.3, 0.4) is 0 Å². The molecular formula is C26H35N3O2S. The molecule has 0 radical (unpaired) electrons. The van der Waals surface area contributed by atoms with Crippen molar-refractivity contribution in [2.45, 2.75) is 51.5 Å². The molecule has 0 bridgehead atoms. The van der Waals surface area contributed by atoms with E-state index in [2.05, 4.69) is 30.1 Å². The van der Waals surface area contributed by atoms with Gasteiger partial charge >= 0.3 is 0 Å². The minimum Gasteiger partial charge on any atom is -0.355 e. The third-order valence-electron chi connectivity index (χ3n) is 6.52. The average molecular weight is 454 g/mol. The van der Waals surface area contributed by atoms with Crippen molar-refractivity contribution in [3.63, 3.8) is 0 Å². The number of likely N-dealkylation sites (tertiary alicyclic amines) is 1. The summed E-state index contributed by atoms with van der Waals surface area (Å²) in [5.41, 5.74) is 1.51. The molecule has 0 unspecified atom stereocenters. The number of fused-ring (bicyclic) bond motifs is 1. The second-order valence-corrected chi connectivity index (χ2v) is 10.4. The van der Waals surface area contributed by atoms with E-state index in [-0.39, 0.29) is 17.9 Å². The first-order valence-corrected chi connectivity index (χ1v) is 12.9. The number of benzene rings is 1. The monoisotopic (exact) mass is 453 g/mol. The van der Waals surface area contributed by atoms with Crippen LogP contribution in [0.2, 0.25) is 0 Å². The molecule has 1 aromatic heterocycles. The maximum Gasteiger partial charge on any atom is 0.254 e. The van der Waals surface area contributed by atoms with Crippen LogP contribution in [0.25, 0.3) is 0 Å². The van der Waals surface area contributed by atoms with Crippen LogP contribution in [0.15, 0.2) is 41.8 Å². The Kier molecular flexibility index (Phi) is 7.63. The van der Waals surface area contributed by atoms with E-state index in [0.29, 0.717) is 24.6 Å². The first kappa shape index (κ1) is 23.0. The molecule has 0 aliphatic carbocycles. The van der Waals surface area contributed by atoms with Crippen LogP contribution in [0.4, 0.5) is 0 Å². The SMILES string of the molecule is CC(C)CN1C(=O)c2ccccc2[C@H](C(=O)NCCCN2CCCCC2)[C@H]1c1cccs1. The number of hydrogen-bond donors (Lipinski definition) is 1. The lowest BCUT2D eigenvalue weighted by Gasteiger charge is -2.42. The predicted octanol–water partition coefficient (Wildman–Crippen LogP) is 4.68. The fraction of sp³-hybridized carbons (Fsp3) is 0.538. The Morgan fingerprint density at radius 3 is 2.62 bits per heavy atom. The van der Waals surface area contributed by atoms with Crippen molar-refractivity contribution in [3.05, 3.63) is 57.8 Å². The van der Waals surface area contributed by atoms with Crippen molar-refractivity contribution in [2.75, 3.05) is 32.7 Å². The van der Waals surface area contributed by atoms with Crippen molar-refractivity contribution >= 4 is 23.2 Å². The summed E-state index contributed by atoms with van der Waals surface area (Å²) in [5, 5.41) is 5.24. The highest BCUT2D eigenvalue weighted by molar-refractivity contribution is 7.10. The summed E-state index contributed by atoms with van der Waals surface area (Å²) in [7, 11) is 0. The van der Waals surface area contributed by atoms with E-state index in [1.165, 1.54) is 32.4 Å². The van der Waals surface area contributed by atoms with Gasteiger partial charge in [0.15, 0.2) is 0 Å². The number of piperidine rings is 1. The Labute approximate surface area is 195 Å². The van der Waals surface area contributed by atoms with Gasteiger partial charge in [0.05, 0.1) is 12.0 Å². The van der Waals surface area contributed by atoms with E-state index in [1.54, 1.807) is 11.3 Å². The Morgan fingerprint density at radius 1 is 1.12 bits per heavy atom. The molecule has 2 amide bonds. The standard InChI is InChI=1S/C26H35N3O2S/c1-19(2)18-29-24(22-12-8-17-32-22)23(20-10-4-5-11-21(20)26(29)31)25(30)27-13-9-16-28-14-6-3-7-15-28/h4-5,8,10-12,17,19,23-24H,3,6-7,9,13-16,18H2,1-2H3,(H,27,30)/t23-,24+/m0/s1. The van der Waals surface area contributed by atoms with Crippen LogP contribution < -0.4 is 5.32 Å². The number of nitrogens with one attached hydrogen (secondary N) is 1. The second kappa shape index (κ2) is 10.6.